The lowest BCUT2D eigenvalue weighted by Gasteiger charge is -2.07. The van der Waals surface area contributed by atoms with E-state index in [0.29, 0.717) is 11.7 Å². The van der Waals surface area contributed by atoms with Crippen molar-refractivity contribution < 1.29 is 9.21 Å². The van der Waals surface area contributed by atoms with Crippen LogP contribution in [0.3, 0.4) is 0 Å². The Morgan fingerprint density at radius 3 is 2.87 bits per heavy atom. The van der Waals surface area contributed by atoms with E-state index in [2.05, 4.69) is 20.0 Å². The summed E-state index contributed by atoms with van der Waals surface area (Å²) in [5, 5.41) is 7.27. The maximum atomic E-state index is 12.3. The fourth-order valence-electron chi connectivity index (χ4n) is 3.20. The van der Waals surface area contributed by atoms with Crippen LogP contribution >= 0.6 is 11.3 Å². The van der Waals surface area contributed by atoms with Crippen LogP contribution in [0, 0.1) is 13.8 Å². The SMILES string of the molecule is Cc1cc(-c2csc(NC(=O)Cn3[nH]c(=O)ccc3=O)n2)c(C)n1Cc1ccco1. The van der Waals surface area contributed by atoms with Gasteiger partial charge in [0.25, 0.3) is 11.1 Å². The number of hydrogen-bond donors (Lipinski definition) is 2. The van der Waals surface area contributed by atoms with Crippen molar-refractivity contribution in [1.82, 2.24) is 19.3 Å². The van der Waals surface area contributed by atoms with Crippen LogP contribution in [0.5, 0.6) is 0 Å². The third-order valence-corrected chi connectivity index (χ3v) is 5.44. The summed E-state index contributed by atoms with van der Waals surface area (Å²) >= 11 is 1.29. The number of thiazole rings is 1. The summed E-state index contributed by atoms with van der Waals surface area (Å²) in [6.45, 7) is 4.36. The fraction of sp³-hybridized carbons (Fsp3) is 0.200. The molecule has 0 aliphatic heterocycles. The number of carbonyl (C=O) groups excluding carboxylic acids is 1. The number of nitrogens with zero attached hydrogens (tertiary/aromatic N) is 3. The van der Waals surface area contributed by atoms with Crippen molar-refractivity contribution in [3.05, 3.63) is 79.8 Å². The summed E-state index contributed by atoms with van der Waals surface area (Å²) in [5.41, 5.74) is 2.92. The van der Waals surface area contributed by atoms with Crippen molar-refractivity contribution >= 4 is 22.4 Å². The summed E-state index contributed by atoms with van der Waals surface area (Å²) in [6.07, 6.45) is 1.65. The van der Waals surface area contributed by atoms with Gasteiger partial charge >= 0.3 is 0 Å². The van der Waals surface area contributed by atoms with Gasteiger partial charge in [0.1, 0.15) is 12.3 Å². The summed E-state index contributed by atoms with van der Waals surface area (Å²) in [4.78, 5) is 39.8. The van der Waals surface area contributed by atoms with E-state index in [1.54, 1.807) is 6.26 Å². The molecule has 0 bridgehead atoms. The quantitative estimate of drug-likeness (QED) is 0.492. The number of furan rings is 1. The van der Waals surface area contributed by atoms with E-state index in [1.807, 2.05) is 37.4 Å². The summed E-state index contributed by atoms with van der Waals surface area (Å²) in [6, 6.07) is 8.07. The third-order valence-electron chi connectivity index (χ3n) is 4.68. The van der Waals surface area contributed by atoms with Crippen LogP contribution in [0.15, 0.2) is 56.0 Å². The molecule has 4 heterocycles. The maximum Gasteiger partial charge on any atom is 0.265 e. The Morgan fingerprint density at radius 2 is 2.10 bits per heavy atom. The average molecular weight is 425 g/mol. The first-order valence-electron chi connectivity index (χ1n) is 9.16. The van der Waals surface area contributed by atoms with Crippen LogP contribution in [0.25, 0.3) is 11.3 Å². The second-order valence-electron chi connectivity index (χ2n) is 6.77. The number of H-pyrrole nitrogens is 1. The van der Waals surface area contributed by atoms with Gasteiger partial charge in [0, 0.05) is 34.5 Å². The van der Waals surface area contributed by atoms with E-state index in [4.69, 9.17) is 4.42 Å². The van der Waals surface area contributed by atoms with Gasteiger partial charge in [-0.1, -0.05) is 0 Å². The number of hydrogen-bond acceptors (Lipinski definition) is 6. The number of aromatic amines is 1. The number of carbonyl (C=O) groups is 1. The van der Waals surface area contributed by atoms with Crippen molar-refractivity contribution in [2.45, 2.75) is 26.9 Å². The third kappa shape index (κ3) is 4.03. The van der Waals surface area contributed by atoms with Gasteiger partial charge in [-0.15, -0.1) is 11.3 Å². The van der Waals surface area contributed by atoms with Gasteiger partial charge in [0.15, 0.2) is 5.13 Å². The van der Waals surface area contributed by atoms with Crippen molar-refractivity contribution in [3.8, 4) is 11.3 Å². The molecule has 0 fully saturated rings. The molecule has 0 aliphatic rings. The van der Waals surface area contributed by atoms with E-state index in [1.165, 1.54) is 11.3 Å². The highest BCUT2D eigenvalue weighted by Crippen LogP contribution is 2.30. The van der Waals surface area contributed by atoms with Crippen LogP contribution in [-0.4, -0.2) is 25.2 Å². The molecule has 0 spiro atoms. The number of aromatic nitrogens is 4. The Kier molecular flexibility index (Phi) is 5.23. The highest BCUT2D eigenvalue weighted by atomic mass is 32.1. The van der Waals surface area contributed by atoms with E-state index in [9.17, 15) is 14.4 Å². The normalized spacial score (nSPS) is 11.0. The van der Waals surface area contributed by atoms with E-state index in [0.717, 1.165) is 45.2 Å². The smallest absolute Gasteiger partial charge is 0.265 e. The maximum absolute atomic E-state index is 12.3. The number of nitrogens with one attached hydrogen (secondary N) is 2. The summed E-state index contributed by atoms with van der Waals surface area (Å²) in [7, 11) is 0. The minimum atomic E-state index is -0.464. The lowest BCUT2D eigenvalue weighted by molar-refractivity contribution is -0.117. The van der Waals surface area contributed by atoms with Crippen molar-refractivity contribution in [1.29, 1.82) is 0 Å². The largest absolute Gasteiger partial charge is 0.467 e. The first-order chi connectivity index (χ1) is 14.4. The molecule has 30 heavy (non-hydrogen) atoms. The predicted molar refractivity (Wildman–Crippen MR) is 113 cm³/mol. The highest BCUT2D eigenvalue weighted by molar-refractivity contribution is 7.14. The van der Waals surface area contributed by atoms with Crippen LogP contribution < -0.4 is 16.4 Å². The zero-order valence-electron chi connectivity index (χ0n) is 16.3. The molecule has 10 heteroatoms. The minimum absolute atomic E-state index is 0.304. The zero-order valence-corrected chi connectivity index (χ0v) is 17.2. The lowest BCUT2D eigenvalue weighted by Crippen LogP contribution is -2.32. The highest BCUT2D eigenvalue weighted by Gasteiger charge is 2.16. The molecule has 0 atom stereocenters. The Balaban J connectivity index is 1.50. The van der Waals surface area contributed by atoms with Crippen LogP contribution in [0.2, 0.25) is 0 Å². The standard InChI is InChI=1S/C20H19N5O4S/c1-12-8-15(13(2)24(12)9-14-4-3-7-29-14)16-11-30-20(21-16)22-18(27)10-25-19(28)6-5-17(26)23-25/h3-8,11H,9-10H2,1-2H3,(H,23,26)(H,21,22,27). The Bertz CT molecular complexity index is 1310. The number of anilines is 1. The van der Waals surface area contributed by atoms with E-state index in [-0.39, 0.29) is 6.54 Å². The molecule has 9 nitrogen and oxygen atoms in total. The molecule has 0 aliphatic carbocycles. The van der Waals surface area contributed by atoms with Gasteiger partial charge in [-0.25, -0.2) is 9.67 Å². The van der Waals surface area contributed by atoms with Gasteiger partial charge in [0.2, 0.25) is 5.91 Å². The molecule has 4 aromatic heterocycles. The van der Waals surface area contributed by atoms with E-state index < -0.39 is 17.0 Å². The molecule has 154 valence electrons. The first kappa shape index (κ1) is 19.6. The molecule has 4 aromatic rings. The fourth-order valence-corrected chi connectivity index (χ4v) is 3.93. The second-order valence-corrected chi connectivity index (χ2v) is 7.63. The number of amides is 1. The van der Waals surface area contributed by atoms with Crippen LogP contribution in [0.4, 0.5) is 5.13 Å². The molecule has 0 saturated heterocycles. The average Bonchev–Trinajstić information content (AvgIpc) is 3.43. The molecule has 0 unspecified atom stereocenters. The van der Waals surface area contributed by atoms with Crippen molar-refractivity contribution in [2.75, 3.05) is 5.32 Å². The molecule has 0 aromatic carbocycles. The molecular formula is C20H19N5O4S. The Hall–Kier alpha value is -3.66. The lowest BCUT2D eigenvalue weighted by atomic mass is 10.2. The molecule has 0 radical (unpaired) electrons. The Morgan fingerprint density at radius 1 is 1.27 bits per heavy atom. The van der Waals surface area contributed by atoms with Crippen LogP contribution in [-0.2, 0) is 17.9 Å². The van der Waals surface area contributed by atoms with Crippen molar-refractivity contribution in [2.24, 2.45) is 0 Å². The second kappa shape index (κ2) is 7.99. The topological polar surface area (TPSA) is 115 Å². The first-order valence-corrected chi connectivity index (χ1v) is 10.0. The van der Waals surface area contributed by atoms with Gasteiger partial charge in [0.05, 0.1) is 18.5 Å². The molecular weight excluding hydrogens is 406 g/mol. The predicted octanol–water partition coefficient (Wildman–Crippen LogP) is 2.36. The molecule has 1 amide bonds. The number of aryl methyl sites for hydroxylation is 1. The van der Waals surface area contributed by atoms with Crippen molar-refractivity contribution in [3.63, 3.8) is 0 Å². The zero-order chi connectivity index (χ0) is 21.3. The van der Waals surface area contributed by atoms with Crippen LogP contribution in [0.1, 0.15) is 17.1 Å². The summed E-state index contributed by atoms with van der Waals surface area (Å²) < 4.78 is 8.54. The van der Waals surface area contributed by atoms with Gasteiger partial charge in [-0.2, -0.15) is 0 Å². The number of rotatable bonds is 6. The van der Waals surface area contributed by atoms with Gasteiger partial charge < -0.3 is 14.3 Å². The molecule has 4 rings (SSSR count). The van der Waals surface area contributed by atoms with Gasteiger partial charge in [-0.05, 0) is 32.0 Å². The van der Waals surface area contributed by atoms with E-state index >= 15 is 0 Å². The molecule has 2 N–H and O–H groups in total. The Labute approximate surface area is 174 Å². The molecule has 0 saturated carbocycles. The van der Waals surface area contributed by atoms with Gasteiger partial charge in [-0.3, -0.25) is 19.5 Å². The minimum Gasteiger partial charge on any atom is -0.467 e. The monoisotopic (exact) mass is 425 g/mol. The summed E-state index contributed by atoms with van der Waals surface area (Å²) in [5.74, 6) is 0.409.